The lowest BCUT2D eigenvalue weighted by Crippen LogP contribution is -2.54. The number of hydrogen-bond donors (Lipinski definition) is 1. The first kappa shape index (κ1) is 19.8. The van der Waals surface area contributed by atoms with Crippen LogP contribution in [0.4, 0.5) is 0 Å². The summed E-state index contributed by atoms with van der Waals surface area (Å²) in [6.07, 6.45) is 6.59. The molecule has 5 heteroatoms. The number of hydrogen-bond acceptors (Lipinski definition) is 3. The molecule has 0 aliphatic heterocycles. The number of likely N-dealkylation sites (N-methyl/N-ethyl adjacent to an activating group) is 1. The molecule has 23 heavy (non-hydrogen) atoms. The van der Waals surface area contributed by atoms with Gasteiger partial charge in [-0.15, -0.1) is 12.4 Å². The fraction of sp³-hybridized carbons (Fsp3) is 0.611. The van der Waals surface area contributed by atoms with Crippen LogP contribution in [0.3, 0.4) is 0 Å². The summed E-state index contributed by atoms with van der Waals surface area (Å²) in [6.45, 7) is 0.745. The van der Waals surface area contributed by atoms with Crippen molar-refractivity contribution in [3.05, 3.63) is 29.8 Å². The van der Waals surface area contributed by atoms with Crippen LogP contribution in [0.25, 0.3) is 0 Å². The van der Waals surface area contributed by atoms with Gasteiger partial charge in [0.15, 0.2) is 0 Å². The van der Waals surface area contributed by atoms with Crippen LogP contribution in [-0.2, 0) is 11.2 Å². The molecule has 0 aromatic heterocycles. The van der Waals surface area contributed by atoms with Crippen LogP contribution in [0, 0.1) is 0 Å². The van der Waals surface area contributed by atoms with Gasteiger partial charge in [0.2, 0.25) is 5.91 Å². The topological polar surface area (TPSA) is 41.6 Å². The molecule has 0 radical (unpaired) electrons. The van der Waals surface area contributed by atoms with E-state index in [1.807, 2.05) is 24.3 Å². The Labute approximate surface area is 146 Å². The molecule has 0 saturated heterocycles. The highest BCUT2D eigenvalue weighted by Gasteiger charge is 2.34. The molecule has 0 unspecified atom stereocenters. The molecule has 130 valence electrons. The second-order valence-corrected chi connectivity index (χ2v) is 6.48. The lowest BCUT2D eigenvalue weighted by atomic mass is 9.80. The summed E-state index contributed by atoms with van der Waals surface area (Å²) in [4.78, 5) is 14.5. The van der Waals surface area contributed by atoms with Crippen LogP contribution in [0.2, 0.25) is 0 Å². The van der Waals surface area contributed by atoms with Gasteiger partial charge in [0, 0.05) is 12.1 Å². The highest BCUT2D eigenvalue weighted by atomic mass is 35.5. The first-order valence-electron chi connectivity index (χ1n) is 8.13. The minimum absolute atomic E-state index is 0. The average molecular weight is 341 g/mol. The van der Waals surface area contributed by atoms with Crippen LogP contribution < -0.4 is 10.1 Å². The predicted octanol–water partition coefficient (Wildman–Crippen LogP) is 3.04. The summed E-state index contributed by atoms with van der Waals surface area (Å²) in [5.41, 5.74) is 1.15. The van der Waals surface area contributed by atoms with Crippen LogP contribution in [-0.4, -0.2) is 44.1 Å². The molecule has 1 aliphatic rings. The maximum Gasteiger partial charge on any atom is 0.224 e. The summed E-state index contributed by atoms with van der Waals surface area (Å²) in [5, 5.41) is 3.14. The minimum atomic E-state index is 0. The minimum Gasteiger partial charge on any atom is -0.497 e. The first-order chi connectivity index (χ1) is 10.6. The van der Waals surface area contributed by atoms with E-state index in [0.717, 1.165) is 17.9 Å². The van der Waals surface area contributed by atoms with Crippen LogP contribution in [0.1, 0.15) is 37.7 Å². The van der Waals surface area contributed by atoms with Gasteiger partial charge in [0.05, 0.1) is 13.5 Å². The fourth-order valence-corrected chi connectivity index (χ4v) is 3.25. The van der Waals surface area contributed by atoms with Gasteiger partial charge < -0.3 is 15.0 Å². The van der Waals surface area contributed by atoms with Crippen LogP contribution in [0.5, 0.6) is 5.75 Å². The van der Waals surface area contributed by atoms with E-state index in [9.17, 15) is 4.79 Å². The van der Waals surface area contributed by atoms with Crippen LogP contribution in [0.15, 0.2) is 24.3 Å². The zero-order valence-electron chi connectivity index (χ0n) is 14.4. The molecular formula is C18H29ClN2O2. The van der Waals surface area contributed by atoms with Gasteiger partial charge in [-0.25, -0.2) is 0 Å². The molecule has 1 fully saturated rings. The quantitative estimate of drug-likeness (QED) is 0.865. The number of nitrogens with zero attached hydrogens (tertiary/aromatic N) is 1. The normalized spacial score (nSPS) is 16.5. The number of halogens is 1. The molecule has 1 aromatic rings. The lowest BCUT2D eigenvalue weighted by Gasteiger charge is -2.43. The molecule has 0 spiro atoms. The summed E-state index contributed by atoms with van der Waals surface area (Å²) in [6, 6.07) is 7.68. The van der Waals surface area contributed by atoms with Gasteiger partial charge in [0.25, 0.3) is 0 Å². The van der Waals surface area contributed by atoms with Gasteiger partial charge >= 0.3 is 0 Å². The molecular weight excluding hydrogens is 312 g/mol. The van der Waals surface area contributed by atoms with Crippen LogP contribution >= 0.6 is 12.4 Å². The summed E-state index contributed by atoms with van der Waals surface area (Å²) in [5.74, 6) is 0.912. The maximum absolute atomic E-state index is 12.2. The Morgan fingerprint density at radius 1 is 1.17 bits per heavy atom. The second-order valence-electron chi connectivity index (χ2n) is 6.48. The maximum atomic E-state index is 12.2. The van der Waals surface area contributed by atoms with E-state index < -0.39 is 0 Å². The van der Waals surface area contributed by atoms with E-state index in [1.165, 1.54) is 32.1 Å². The number of methoxy groups -OCH3 is 1. The third-order valence-corrected chi connectivity index (χ3v) is 4.87. The molecule has 1 amide bonds. The number of nitrogens with one attached hydrogen (secondary N) is 1. The number of amides is 1. The average Bonchev–Trinajstić information content (AvgIpc) is 2.54. The third kappa shape index (κ3) is 5.40. The van der Waals surface area contributed by atoms with Gasteiger partial charge in [-0.1, -0.05) is 31.4 Å². The summed E-state index contributed by atoms with van der Waals surface area (Å²) >= 11 is 0. The predicted molar refractivity (Wildman–Crippen MR) is 96.5 cm³/mol. The van der Waals surface area contributed by atoms with Crippen molar-refractivity contribution >= 4 is 18.3 Å². The highest BCUT2D eigenvalue weighted by molar-refractivity contribution is 5.85. The van der Waals surface area contributed by atoms with Crippen molar-refractivity contribution in [2.45, 2.75) is 44.1 Å². The second kappa shape index (κ2) is 9.14. The molecule has 1 N–H and O–H groups in total. The van der Waals surface area contributed by atoms with E-state index in [2.05, 4.69) is 24.3 Å². The Morgan fingerprint density at radius 3 is 2.30 bits per heavy atom. The van der Waals surface area contributed by atoms with Gasteiger partial charge in [-0.05, 0) is 44.6 Å². The van der Waals surface area contributed by atoms with Gasteiger partial charge in [0.1, 0.15) is 5.75 Å². The molecule has 0 bridgehead atoms. The van der Waals surface area contributed by atoms with E-state index in [-0.39, 0.29) is 23.9 Å². The Hall–Kier alpha value is -1.26. The van der Waals surface area contributed by atoms with Crippen molar-refractivity contribution < 1.29 is 9.53 Å². The van der Waals surface area contributed by atoms with Crippen molar-refractivity contribution in [3.8, 4) is 5.75 Å². The Balaban J connectivity index is 0.00000264. The van der Waals surface area contributed by atoms with Crippen molar-refractivity contribution in [3.63, 3.8) is 0 Å². The highest BCUT2D eigenvalue weighted by Crippen LogP contribution is 2.31. The molecule has 0 atom stereocenters. The third-order valence-electron chi connectivity index (χ3n) is 4.87. The molecule has 0 heterocycles. The molecule has 1 aromatic carbocycles. The first-order valence-corrected chi connectivity index (χ1v) is 8.13. The van der Waals surface area contributed by atoms with Crippen molar-refractivity contribution in [1.82, 2.24) is 10.2 Å². The lowest BCUT2D eigenvalue weighted by molar-refractivity contribution is -0.121. The number of rotatable bonds is 6. The molecule has 1 saturated carbocycles. The number of carbonyl (C=O) groups excluding carboxylic acids is 1. The SMILES string of the molecule is COc1ccc(CC(=O)NCC2(N(C)C)CCCCC2)cc1.Cl. The zero-order valence-corrected chi connectivity index (χ0v) is 15.2. The Bertz CT molecular complexity index is 482. The van der Waals surface area contributed by atoms with Gasteiger partial charge in [-0.2, -0.15) is 0 Å². The van der Waals surface area contributed by atoms with Crippen molar-refractivity contribution in [1.29, 1.82) is 0 Å². The van der Waals surface area contributed by atoms with Gasteiger partial charge in [-0.3, -0.25) is 4.79 Å². The monoisotopic (exact) mass is 340 g/mol. The summed E-state index contributed by atoms with van der Waals surface area (Å²) < 4.78 is 5.13. The fourth-order valence-electron chi connectivity index (χ4n) is 3.25. The van der Waals surface area contributed by atoms with Crippen molar-refractivity contribution in [2.75, 3.05) is 27.7 Å². The van der Waals surface area contributed by atoms with E-state index >= 15 is 0 Å². The molecule has 2 rings (SSSR count). The molecule has 4 nitrogen and oxygen atoms in total. The van der Waals surface area contributed by atoms with E-state index in [4.69, 9.17) is 4.74 Å². The molecule has 1 aliphatic carbocycles. The zero-order chi connectivity index (χ0) is 16.0. The Morgan fingerprint density at radius 2 is 1.78 bits per heavy atom. The number of ether oxygens (including phenoxy) is 1. The van der Waals surface area contributed by atoms with E-state index in [0.29, 0.717) is 6.42 Å². The summed E-state index contributed by atoms with van der Waals surface area (Å²) in [7, 11) is 5.90. The smallest absolute Gasteiger partial charge is 0.224 e. The Kier molecular flexibility index (Phi) is 7.86. The largest absolute Gasteiger partial charge is 0.497 e. The van der Waals surface area contributed by atoms with E-state index in [1.54, 1.807) is 7.11 Å². The van der Waals surface area contributed by atoms with Crippen molar-refractivity contribution in [2.24, 2.45) is 0 Å². The number of benzene rings is 1. The number of carbonyl (C=O) groups is 1. The standard InChI is InChI=1S/C18H28N2O2.ClH/c1-20(2)18(11-5-4-6-12-18)14-19-17(21)13-15-7-9-16(22-3)10-8-15;/h7-10H,4-6,11-14H2,1-3H3,(H,19,21);1H.